The maximum atomic E-state index is 12.2. The van der Waals surface area contributed by atoms with E-state index in [4.69, 9.17) is 0 Å². The van der Waals surface area contributed by atoms with E-state index in [1.165, 1.54) is 6.33 Å². The first kappa shape index (κ1) is 16.4. The van der Waals surface area contributed by atoms with Crippen molar-refractivity contribution in [2.45, 2.75) is 51.2 Å². The molecule has 3 heterocycles. The van der Waals surface area contributed by atoms with E-state index in [9.17, 15) is 14.4 Å². The van der Waals surface area contributed by atoms with Crippen LogP contribution in [0.4, 0.5) is 4.79 Å². The first-order valence-corrected chi connectivity index (χ1v) is 7.99. The van der Waals surface area contributed by atoms with Gasteiger partial charge in [0.2, 0.25) is 0 Å². The van der Waals surface area contributed by atoms with E-state index < -0.39 is 23.4 Å². The van der Waals surface area contributed by atoms with Crippen LogP contribution in [0.1, 0.15) is 32.5 Å². The summed E-state index contributed by atoms with van der Waals surface area (Å²) in [4.78, 5) is 40.3. The molecule has 3 N–H and O–H groups in total. The van der Waals surface area contributed by atoms with Gasteiger partial charge in [0.15, 0.2) is 0 Å². The fourth-order valence-electron chi connectivity index (χ4n) is 2.83. The summed E-state index contributed by atoms with van der Waals surface area (Å²) in [5.41, 5.74) is 1.39. The lowest BCUT2D eigenvalue weighted by Crippen LogP contribution is -2.52. The fourth-order valence-corrected chi connectivity index (χ4v) is 2.83. The van der Waals surface area contributed by atoms with Gasteiger partial charge in [0.1, 0.15) is 17.7 Å². The van der Waals surface area contributed by atoms with E-state index in [-0.39, 0.29) is 12.6 Å². The van der Waals surface area contributed by atoms with Crippen LogP contribution in [-0.4, -0.2) is 55.7 Å². The second kappa shape index (κ2) is 6.19. The van der Waals surface area contributed by atoms with Crippen molar-refractivity contribution in [1.29, 1.82) is 0 Å². The highest BCUT2D eigenvalue weighted by molar-refractivity contribution is 6.07. The summed E-state index contributed by atoms with van der Waals surface area (Å²) in [7, 11) is 0. The van der Waals surface area contributed by atoms with Crippen LogP contribution in [0.3, 0.4) is 0 Å². The monoisotopic (exact) mass is 335 g/mol. The zero-order chi connectivity index (χ0) is 17.3. The van der Waals surface area contributed by atoms with Gasteiger partial charge in [0.05, 0.1) is 13.1 Å². The topological polar surface area (TPSA) is 121 Å². The van der Waals surface area contributed by atoms with Crippen molar-refractivity contribution in [3.63, 3.8) is 0 Å². The summed E-state index contributed by atoms with van der Waals surface area (Å²) in [5, 5.41) is 10.6. The molecule has 0 aliphatic carbocycles. The van der Waals surface area contributed by atoms with Crippen molar-refractivity contribution in [1.82, 2.24) is 35.8 Å². The van der Waals surface area contributed by atoms with Crippen molar-refractivity contribution in [2.24, 2.45) is 0 Å². The van der Waals surface area contributed by atoms with Crippen LogP contribution >= 0.6 is 0 Å². The van der Waals surface area contributed by atoms with Crippen molar-refractivity contribution >= 4 is 17.8 Å². The van der Waals surface area contributed by atoms with Gasteiger partial charge in [-0.1, -0.05) is 6.92 Å². The third-order valence-electron chi connectivity index (χ3n) is 4.56. The molecule has 10 nitrogen and oxygen atoms in total. The highest BCUT2D eigenvalue weighted by atomic mass is 16.2. The SMILES string of the molecule is CCC1(C)NC(=O)N(NC(=O)CNC2CCc3ncnn3C2)C1=O. The summed E-state index contributed by atoms with van der Waals surface area (Å²) in [6.45, 7) is 4.08. The minimum Gasteiger partial charge on any atom is -0.322 e. The molecule has 0 radical (unpaired) electrons. The third-order valence-corrected chi connectivity index (χ3v) is 4.56. The number of urea groups is 1. The molecule has 2 unspecified atom stereocenters. The molecule has 1 fully saturated rings. The Morgan fingerprint density at radius 2 is 2.29 bits per heavy atom. The van der Waals surface area contributed by atoms with Gasteiger partial charge in [-0.2, -0.15) is 10.1 Å². The van der Waals surface area contributed by atoms with Crippen LogP contribution in [0.5, 0.6) is 0 Å². The van der Waals surface area contributed by atoms with E-state index >= 15 is 0 Å². The van der Waals surface area contributed by atoms with Gasteiger partial charge in [-0.15, -0.1) is 0 Å². The second-order valence-corrected chi connectivity index (χ2v) is 6.27. The molecule has 3 rings (SSSR count). The van der Waals surface area contributed by atoms with Crippen molar-refractivity contribution < 1.29 is 14.4 Å². The van der Waals surface area contributed by atoms with Crippen LogP contribution in [-0.2, 0) is 22.6 Å². The Morgan fingerprint density at radius 1 is 1.50 bits per heavy atom. The standard InChI is InChI=1S/C14H21N7O3/c1-3-14(2)12(23)21(13(24)18-14)19-11(22)6-15-9-4-5-10-16-8-17-20(10)7-9/h8-9,15H,3-7H2,1-2H3,(H,18,24)(H,19,22). The van der Waals surface area contributed by atoms with E-state index in [0.29, 0.717) is 13.0 Å². The van der Waals surface area contributed by atoms with E-state index in [1.807, 2.05) is 4.68 Å². The number of fused-ring (bicyclic) bond motifs is 1. The molecule has 24 heavy (non-hydrogen) atoms. The molecule has 4 amide bonds. The normalized spacial score (nSPS) is 26.2. The van der Waals surface area contributed by atoms with E-state index in [1.54, 1.807) is 13.8 Å². The number of hydrazine groups is 1. The Balaban J connectivity index is 1.50. The van der Waals surface area contributed by atoms with Gasteiger partial charge in [0, 0.05) is 12.5 Å². The summed E-state index contributed by atoms with van der Waals surface area (Å²) in [6, 6.07) is -0.517. The van der Waals surface area contributed by atoms with Crippen molar-refractivity contribution in [3.8, 4) is 0 Å². The van der Waals surface area contributed by atoms with Crippen molar-refractivity contribution in [3.05, 3.63) is 12.2 Å². The van der Waals surface area contributed by atoms with Gasteiger partial charge in [-0.25, -0.2) is 14.5 Å². The number of hydrogen-bond donors (Lipinski definition) is 3. The number of aromatic nitrogens is 3. The van der Waals surface area contributed by atoms with Gasteiger partial charge < -0.3 is 10.6 Å². The molecule has 0 spiro atoms. The summed E-state index contributed by atoms with van der Waals surface area (Å²) in [6.07, 6.45) is 3.61. The number of imide groups is 1. The predicted octanol–water partition coefficient (Wildman–Crippen LogP) is -1.07. The number of rotatable bonds is 5. The number of nitrogens with zero attached hydrogens (tertiary/aromatic N) is 4. The van der Waals surface area contributed by atoms with Crippen LogP contribution in [0.15, 0.2) is 6.33 Å². The first-order chi connectivity index (χ1) is 11.4. The van der Waals surface area contributed by atoms with Gasteiger partial charge >= 0.3 is 6.03 Å². The Bertz CT molecular complexity index is 673. The third kappa shape index (κ3) is 2.96. The molecular weight excluding hydrogens is 314 g/mol. The van der Waals surface area contributed by atoms with Crippen molar-refractivity contribution in [2.75, 3.05) is 6.54 Å². The van der Waals surface area contributed by atoms with Crippen LogP contribution in [0, 0.1) is 0 Å². The molecule has 10 heteroatoms. The Labute approximate surface area is 138 Å². The number of nitrogens with one attached hydrogen (secondary N) is 3. The number of carbonyl (C=O) groups is 3. The molecule has 1 saturated heterocycles. The Hall–Kier alpha value is -2.49. The zero-order valence-electron chi connectivity index (χ0n) is 13.7. The molecule has 2 aliphatic heterocycles. The second-order valence-electron chi connectivity index (χ2n) is 6.27. The van der Waals surface area contributed by atoms with Gasteiger partial charge in [-0.05, 0) is 19.8 Å². The molecule has 0 aromatic carbocycles. The van der Waals surface area contributed by atoms with E-state index in [2.05, 4.69) is 26.1 Å². The minimum atomic E-state index is -0.968. The maximum absolute atomic E-state index is 12.2. The number of hydrogen-bond acceptors (Lipinski definition) is 6. The quantitative estimate of drug-likeness (QED) is 0.590. The summed E-state index contributed by atoms with van der Waals surface area (Å²) in [5.74, 6) is 0.0483. The van der Waals surface area contributed by atoms with E-state index in [0.717, 1.165) is 23.7 Å². The largest absolute Gasteiger partial charge is 0.344 e. The lowest BCUT2D eigenvalue weighted by molar-refractivity contribution is -0.138. The van der Waals surface area contributed by atoms with Gasteiger partial charge in [-0.3, -0.25) is 15.0 Å². The average molecular weight is 335 g/mol. The molecular formula is C14H21N7O3. The molecule has 2 atom stereocenters. The number of aryl methyl sites for hydroxylation is 1. The lowest BCUT2D eigenvalue weighted by Gasteiger charge is -2.24. The Kier molecular flexibility index (Phi) is 4.22. The molecule has 130 valence electrons. The first-order valence-electron chi connectivity index (χ1n) is 7.99. The molecule has 2 aliphatic rings. The molecule has 1 aromatic rings. The van der Waals surface area contributed by atoms with Gasteiger partial charge in [0.25, 0.3) is 11.8 Å². The smallest absolute Gasteiger partial charge is 0.322 e. The minimum absolute atomic E-state index is 0.00853. The summed E-state index contributed by atoms with van der Waals surface area (Å²) < 4.78 is 1.81. The Morgan fingerprint density at radius 3 is 3.00 bits per heavy atom. The predicted molar refractivity (Wildman–Crippen MR) is 82.4 cm³/mol. The average Bonchev–Trinajstić information content (AvgIpc) is 3.11. The summed E-state index contributed by atoms with van der Waals surface area (Å²) >= 11 is 0. The molecule has 0 saturated carbocycles. The number of amides is 4. The highest BCUT2D eigenvalue weighted by Gasteiger charge is 2.47. The number of carbonyl (C=O) groups excluding carboxylic acids is 3. The molecule has 0 bridgehead atoms. The highest BCUT2D eigenvalue weighted by Crippen LogP contribution is 2.19. The molecule has 1 aromatic heterocycles. The van der Waals surface area contributed by atoms with Crippen LogP contribution in [0.2, 0.25) is 0 Å². The fraction of sp³-hybridized carbons (Fsp3) is 0.643. The van der Waals surface area contributed by atoms with Crippen LogP contribution < -0.4 is 16.1 Å². The zero-order valence-corrected chi connectivity index (χ0v) is 13.7. The maximum Gasteiger partial charge on any atom is 0.344 e. The van der Waals surface area contributed by atoms with Crippen LogP contribution in [0.25, 0.3) is 0 Å². The lowest BCUT2D eigenvalue weighted by atomic mass is 10.00.